The van der Waals surface area contributed by atoms with Gasteiger partial charge in [0.1, 0.15) is 19.3 Å². The van der Waals surface area contributed by atoms with E-state index in [1.165, 1.54) is 6.33 Å². The zero-order valence-corrected chi connectivity index (χ0v) is 16.3. The number of hydrogen-bond acceptors (Lipinski definition) is 5. The molecule has 0 aliphatic rings. The first kappa shape index (κ1) is 18.6. The highest BCUT2D eigenvalue weighted by Gasteiger charge is 2.09. The van der Waals surface area contributed by atoms with Crippen LogP contribution in [0, 0.1) is 13.8 Å². The number of rotatable bonds is 6. The lowest BCUT2D eigenvalue weighted by molar-refractivity contribution is 0.0472. The highest BCUT2D eigenvalue weighted by atomic mass is 16.5. The molecule has 0 bridgehead atoms. The minimum atomic E-state index is -0.347. The van der Waals surface area contributed by atoms with Crippen LogP contribution in [0.2, 0.25) is 0 Å². The van der Waals surface area contributed by atoms with Gasteiger partial charge in [0.05, 0.1) is 23.5 Å². The largest absolute Gasteiger partial charge is 0.457 e. The van der Waals surface area contributed by atoms with Crippen LogP contribution in [0.25, 0.3) is 5.69 Å². The number of hydrogen-bond donors (Lipinski definition) is 0. The van der Waals surface area contributed by atoms with Crippen LogP contribution < -0.4 is 0 Å². The number of aryl methyl sites for hydroxylation is 2. The van der Waals surface area contributed by atoms with E-state index in [1.807, 2.05) is 61.0 Å². The molecule has 0 unspecified atom stereocenters. The van der Waals surface area contributed by atoms with E-state index in [2.05, 4.69) is 15.2 Å². The summed E-state index contributed by atoms with van der Waals surface area (Å²) in [6.45, 7) is 4.82. The lowest BCUT2D eigenvalue weighted by Crippen LogP contribution is -2.06. The summed E-state index contributed by atoms with van der Waals surface area (Å²) in [6.07, 6.45) is 3.15. The van der Waals surface area contributed by atoms with Gasteiger partial charge in [-0.15, -0.1) is 0 Å². The molecule has 0 saturated heterocycles. The highest BCUT2D eigenvalue weighted by molar-refractivity contribution is 5.89. The summed E-state index contributed by atoms with van der Waals surface area (Å²) < 4.78 is 9.06. The summed E-state index contributed by atoms with van der Waals surface area (Å²) in [4.78, 5) is 16.2. The summed E-state index contributed by atoms with van der Waals surface area (Å²) in [5.74, 6) is -0.347. The Morgan fingerprint density at radius 2 is 1.72 bits per heavy atom. The monoisotopic (exact) mass is 387 g/mol. The quantitative estimate of drug-likeness (QED) is 0.474. The summed E-state index contributed by atoms with van der Waals surface area (Å²) in [7, 11) is 0. The Hall–Kier alpha value is -3.74. The number of carbonyl (C=O) groups is 1. The number of aromatic nitrogens is 5. The van der Waals surface area contributed by atoms with Crippen molar-refractivity contribution >= 4 is 5.97 Å². The van der Waals surface area contributed by atoms with Gasteiger partial charge < -0.3 is 4.74 Å². The molecule has 0 amide bonds. The van der Waals surface area contributed by atoms with E-state index < -0.39 is 0 Å². The average Bonchev–Trinajstić information content (AvgIpc) is 3.36. The lowest BCUT2D eigenvalue weighted by Gasteiger charge is -2.08. The topological polar surface area (TPSA) is 74.8 Å². The molecule has 7 heteroatoms. The first-order chi connectivity index (χ1) is 14.1. The number of nitrogens with zero attached hydrogens (tertiary/aromatic N) is 5. The first-order valence-electron chi connectivity index (χ1n) is 9.29. The van der Waals surface area contributed by atoms with Gasteiger partial charge in [-0.3, -0.25) is 0 Å². The maximum Gasteiger partial charge on any atom is 0.338 e. The molecule has 0 aliphatic heterocycles. The molecule has 29 heavy (non-hydrogen) atoms. The van der Waals surface area contributed by atoms with Crippen LogP contribution >= 0.6 is 0 Å². The van der Waals surface area contributed by atoms with Gasteiger partial charge in [0.2, 0.25) is 0 Å². The van der Waals surface area contributed by atoms with E-state index in [4.69, 9.17) is 4.74 Å². The van der Waals surface area contributed by atoms with E-state index in [1.54, 1.807) is 23.1 Å². The van der Waals surface area contributed by atoms with Crippen LogP contribution in [0.4, 0.5) is 0 Å². The van der Waals surface area contributed by atoms with Gasteiger partial charge in [-0.05, 0) is 55.3 Å². The van der Waals surface area contributed by atoms with Crippen LogP contribution in [0.1, 0.15) is 32.9 Å². The fourth-order valence-electron chi connectivity index (χ4n) is 3.10. The van der Waals surface area contributed by atoms with E-state index in [9.17, 15) is 4.79 Å². The van der Waals surface area contributed by atoms with Gasteiger partial charge >= 0.3 is 5.97 Å². The molecule has 4 aromatic rings. The van der Waals surface area contributed by atoms with Crippen molar-refractivity contribution in [2.45, 2.75) is 27.0 Å². The molecule has 7 nitrogen and oxygen atoms in total. The maximum atomic E-state index is 12.3. The molecule has 0 N–H and O–H groups in total. The Kier molecular flexibility index (Phi) is 5.20. The Morgan fingerprint density at radius 3 is 2.34 bits per heavy atom. The summed E-state index contributed by atoms with van der Waals surface area (Å²) >= 11 is 0. The third-order valence-corrected chi connectivity index (χ3v) is 4.56. The molecule has 0 fully saturated rings. The SMILES string of the molecule is Cc1cc(C)n(-c2ccc(COC(=O)c3ccc(Cn4cncn4)cc3)cc2)n1. The van der Waals surface area contributed by atoms with Crippen molar-refractivity contribution < 1.29 is 9.53 Å². The fourth-order valence-corrected chi connectivity index (χ4v) is 3.10. The van der Waals surface area contributed by atoms with Crippen molar-refractivity contribution in [3.05, 3.63) is 95.3 Å². The van der Waals surface area contributed by atoms with E-state index in [0.717, 1.165) is 28.2 Å². The van der Waals surface area contributed by atoms with Crippen LogP contribution in [-0.2, 0) is 17.9 Å². The lowest BCUT2D eigenvalue weighted by atomic mass is 10.1. The van der Waals surface area contributed by atoms with Gasteiger partial charge in [0, 0.05) is 5.69 Å². The summed E-state index contributed by atoms with van der Waals surface area (Å²) in [5, 5.41) is 8.55. The normalized spacial score (nSPS) is 10.8. The molecule has 0 saturated carbocycles. The number of esters is 1. The fraction of sp³-hybridized carbons (Fsp3) is 0.182. The van der Waals surface area contributed by atoms with Gasteiger partial charge in [0.25, 0.3) is 0 Å². The minimum Gasteiger partial charge on any atom is -0.457 e. The third kappa shape index (κ3) is 4.40. The molecule has 0 spiro atoms. The Bertz CT molecular complexity index is 1100. The molecular formula is C22H21N5O2. The Balaban J connectivity index is 1.35. The summed E-state index contributed by atoms with van der Waals surface area (Å²) in [5.41, 5.74) is 5.51. The van der Waals surface area contributed by atoms with Crippen molar-refractivity contribution in [2.24, 2.45) is 0 Å². The number of ether oxygens (including phenoxy) is 1. The zero-order chi connectivity index (χ0) is 20.2. The smallest absolute Gasteiger partial charge is 0.338 e. The van der Waals surface area contributed by atoms with Gasteiger partial charge in [-0.1, -0.05) is 24.3 Å². The molecule has 0 radical (unpaired) electrons. The molecule has 2 aromatic carbocycles. The highest BCUT2D eigenvalue weighted by Crippen LogP contribution is 2.14. The van der Waals surface area contributed by atoms with Crippen LogP contribution in [0.3, 0.4) is 0 Å². The van der Waals surface area contributed by atoms with Gasteiger partial charge in [-0.25, -0.2) is 19.1 Å². The van der Waals surface area contributed by atoms with Crippen LogP contribution in [-0.4, -0.2) is 30.5 Å². The van der Waals surface area contributed by atoms with E-state index in [-0.39, 0.29) is 12.6 Å². The molecule has 0 aliphatic carbocycles. The predicted octanol–water partition coefficient (Wildman–Crippen LogP) is 3.49. The third-order valence-electron chi connectivity index (χ3n) is 4.56. The second-order valence-corrected chi connectivity index (χ2v) is 6.87. The molecule has 2 heterocycles. The molecule has 4 rings (SSSR count). The van der Waals surface area contributed by atoms with Crippen molar-refractivity contribution in [1.29, 1.82) is 0 Å². The van der Waals surface area contributed by atoms with Gasteiger partial charge in [-0.2, -0.15) is 10.2 Å². The van der Waals surface area contributed by atoms with Crippen molar-refractivity contribution in [3.63, 3.8) is 0 Å². The molecule has 0 atom stereocenters. The van der Waals surface area contributed by atoms with Crippen molar-refractivity contribution in [2.75, 3.05) is 0 Å². The molecule has 146 valence electrons. The second kappa shape index (κ2) is 8.10. The number of benzene rings is 2. The van der Waals surface area contributed by atoms with E-state index in [0.29, 0.717) is 12.1 Å². The standard InChI is InChI=1S/C22H21N5O2/c1-16-11-17(2)27(25-16)21-9-5-19(6-10-21)13-29-22(28)20-7-3-18(4-8-20)12-26-15-23-14-24-26/h3-11,14-15H,12-13H2,1-2H3. The Labute approximate surface area is 168 Å². The van der Waals surface area contributed by atoms with E-state index >= 15 is 0 Å². The Morgan fingerprint density at radius 1 is 1.00 bits per heavy atom. The van der Waals surface area contributed by atoms with Crippen molar-refractivity contribution in [1.82, 2.24) is 24.5 Å². The van der Waals surface area contributed by atoms with Crippen molar-refractivity contribution in [3.8, 4) is 5.69 Å². The van der Waals surface area contributed by atoms with Gasteiger partial charge in [0.15, 0.2) is 0 Å². The predicted molar refractivity (Wildman–Crippen MR) is 108 cm³/mol. The van der Waals surface area contributed by atoms with Crippen LogP contribution in [0.5, 0.6) is 0 Å². The van der Waals surface area contributed by atoms with Crippen LogP contribution in [0.15, 0.2) is 67.3 Å². The molecule has 2 aromatic heterocycles. The molecular weight excluding hydrogens is 366 g/mol. The first-order valence-corrected chi connectivity index (χ1v) is 9.29. The zero-order valence-electron chi connectivity index (χ0n) is 16.3. The maximum absolute atomic E-state index is 12.3. The minimum absolute atomic E-state index is 0.219. The second-order valence-electron chi connectivity index (χ2n) is 6.87. The number of carbonyl (C=O) groups excluding carboxylic acids is 1. The average molecular weight is 387 g/mol. The summed E-state index contributed by atoms with van der Waals surface area (Å²) in [6, 6.07) is 17.2.